The summed E-state index contributed by atoms with van der Waals surface area (Å²) in [7, 11) is 0. The third kappa shape index (κ3) is 2.23. The molecule has 0 aliphatic carbocycles. The van der Waals surface area contributed by atoms with E-state index >= 15 is 0 Å². The maximum Gasteiger partial charge on any atom is 0.119 e. The van der Waals surface area contributed by atoms with Crippen LogP contribution in [0.15, 0.2) is 49.6 Å². The van der Waals surface area contributed by atoms with Crippen molar-refractivity contribution in [2.24, 2.45) is 0 Å². The van der Waals surface area contributed by atoms with Gasteiger partial charge in [0.2, 0.25) is 0 Å². The molecule has 2 nitrogen and oxygen atoms in total. The number of rotatable bonds is 4. The Morgan fingerprint density at radius 2 is 1.17 bits per heavy atom. The van der Waals surface area contributed by atoms with Crippen LogP contribution in [0.1, 0.15) is 11.1 Å². The lowest BCUT2D eigenvalue weighted by Gasteiger charge is -2.08. The molecule has 2 heteroatoms. The van der Waals surface area contributed by atoms with E-state index in [1.165, 1.54) is 0 Å². The summed E-state index contributed by atoms with van der Waals surface area (Å²) < 4.78 is 0. The number of phenols is 2. The zero-order valence-electron chi connectivity index (χ0n) is 10.2. The molecule has 0 fully saturated rings. The lowest BCUT2D eigenvalue weighted by molar-refractivity contribution is 0.469. The maximum atomic E-state index is 9.86. The van der Waals surface area contributed by atoms with Crippen LogP contribution in [0.25, 0.3) is 10.8 Å². The van der Waals surface area contributed by atoms with E-state index < -0.39 is 0 Å². The van der Waals surface area contributed by atoms with Crippen molar-refractivity contribution < 1.29 is 10.2 Å². The highest BCUT2D eigenvalue weighted by molar-refractivity contribution is 5.87. The van der Waals surface area contributed by atoms with Gasteiger partial charge in [-0.3, -0.25) is 0 Å². The molecule has 2 aromatic rings. The van der Waals surface area contributed by atoms with Crippen molar-refractivity contribution in [2.75, 3.05) is 0 Å². The van der Waals surface area contributed by atoms with Crippen molar-refractivity contribution in [1.29, 1.82) is 0 Å². The first kappa shape index (κ1) is 12.2. The molecule has 0 heterocycles. The molecule has 0 saturated heterocycles. The van der Waals surface area contributed by atoms with Crippen LogP contribution in [0.5, 0.6) is 11.5 Å². The smallest absolute Gasteiger partial charge is 0.119 e. The highest BCUT2D eigenvalue weighted by Crippen LogP contribution is 2.30. The van der Waals surface area contributed by atoms with Gasteiger partial charge in [0, 0.05) is 0 Å². The van der Waals surface area contributed by atoms with E-state index in [4.69, 9.17) is 0 Å². The number of hydrogen-bond acceptors (Lipinski definition) is 2. The first-order chi connectivity index (χ1) is 8.65. The van der Waals surface area contributed by atoms with Gasteiger partial charge >= 0.3 is 0 Å². The van der Waals surface area contributed by atoms with E-state index in [1.54, 1.807) is 24.3 Å². The Morgan fingerprint density at radius 1 is 0.778 bits per heavy atom. The van der Waals surface area contributed by atoms with Gasteiger partial charge in [-0.25, -0.2) is 0 Å². The average Bonchev–Trinajstić information content (AvgIpc) is 2.33. The van der Waals surface area contributed by atoms with Gasteiger partial charge in [-0.05, 0) is 59.0 Å². The second kappa shape index (κ2) is 4.96. The van der Waals surface area contributed by atoms with Crippen molar-refractivity contribution in [3.05, 3.63) is 60.7 Å². The molecule has 0 saturated carbocycles. The fourth-order valence-corrected chi connectivity index (χ4v) is 2.06. The molecule has 2 aromatic carbocycles. The predicted octanol–water partition coefficient (Wildman–Crippen LogP) is 3.71. The number of aromatic hydroxyl groups is 2. The molecule has 0 amide bonds. The van der Waals surface area contributed by atoms with Crippen LogP contribution in [0.4, 0.5) is 0 Å². The van der Waals surface area contributed by atoms with E-state index in [9.17, 15) is 10.2 Å². The predicted molar refractivity (Wildman–Crippen MR) is 75.1 cm³/mol. The normalized spacial score (nSPS) is 10.4. The number of benzene rings is 2. The Balaban J connectivity index is 2.62. The van der Waals surface area contributed by atoms with E-state index in [-0.39, 0.29) is 11.5 Å². The summed E-state index contributed by atoms with van der Waals surface area (Å²) in [6.07, 6.45) is 4.76. The van der Waals surface area contributed by atoms with E-state index in [2.05, 4.69) is 13.2 Å². The summed E-state index contributed by atoms with van der Waals surface area (Å²) in [5, 5.41) is 21.5. The number of allylic oxidation sites excluding steroid dienone is 2. The largest absolute Gasteiger partial charge is 0.508 e. The highest BCUT2D eigenvalue weighted by atomic mass is 16.3. The number of hydrogen-bond donors (Lipinski definition) is 2. The van der Waals surface area contributed by atoms with Crippen molar-refractivity contribution in [3.63, 3.8) is 0 Å². The second-order valence-electron chi connectivity index (χ2n) is 4.29. The first-order valence-electron chi connectivity index (χ1n) is 5.85. The Bertz CT molecular complexity index is 561. The lowest BCUT2D eigenvalue weighted by Crippen LogP contribution is -1.87. The van der Waals surface area contributed by atoms with Gasteiger partial charge in [-0.1, -0.05) is 12.2 Å². The van der Waals surface area contributed by atoms with Gasteiger partial charge in [-0.2, -0.15) is 0 Å². The van der Waals surface area contributed by atoms with Crippen LogP contribution in [0.2, 0.25) is 0 Å². The van der Waals surface area contributed by atoms with E-state index in [0.29, 0.717) is 12.8 Å². The molecule has 0 unspecified atom stereocenters. The third-order valence-electron chi connectivity index (χ3n) is 2.96. The standard InChI is InChI=1S/C16H16O2/c1-3-5-11-7-13-8-12(6-4-2)16(18)10-14(13)9-15(11)17/h3-4,7-10,17-18H,1-2,5-6H2. The van der Waals surface area contributed by atoms with Gasteiger partial charge in [0.25, 0.3) is 0 Å². The summed E-state index contributed by atoms with van der Waals surface area (Å²) in [6.45, 7) is 7.35. The molecule has 92 valence electrons. The van der Waals surface area contributed by atoms with E-state index in [1.807, 2.05) is 12.1 Å². The highest BCUT2D eigenvalue weighted by Gasteiger charge is 2.06. The quantitative estimate of drug-likeness (QED) is 0.800. The molecule has 0 aliphatic heterocycles. The minimum absolute atomic E-state index is 0.235. The summed E-state index contributed by atoms with van der Waals surface area (Å²) in [5.41, 5.74) is 1.68. The third-order valence-corrected chi connectivity index (χ3v) is 2.96. The number of fused-ring (bicyclic) bond motifs is 1. The molecular formula is C16H16O2. The zero-order valence-corrected chi connectivity index (χ0v) is 10.2. The van der Waals surface area contributed by atoms with Crippen molar-refractivity contribution >= 4 is 10.8 Å². The molecule has 0 spiro atoms. The van der Waals surface area contributed by atoms with E-state index in [0.717, 1.165) is 21.9 Å². The molecule has 0 bridgehead atoms. The fraction of sp³-hybridized carbons (Fsp3) is 0.125. The number of phenolic OH excluding ortho intramolecular Hbond substituents is 2. The average molecular weight is 240 g/mol. The Morgan fingerprint density at radius 3 is 1.56 bits per heavy atom. The Hall–Kier alpha value is -2.22. The molecular weight excluding hydrogens is 224 g/mol. The Kier molecular flexibility index (Phi) is 3.38. The minimum Gasteiger partial charge on any atom is -0.508 e. The summed E-state index contributed by atoms with van der Waals surface area (Å²) in [5.74, 6) is 0.469. The van der Waals surface area contributed by atoms with Crippen LogP contribution < -0.4 is 0 Å². The summed E-state index contributed by atoms with van der Waals surface area (Å²) in [6, 6.07) is 7.20. The van der Waals surface area contributed by atoms with Gasteiger partial charge in [0.05, 0.1) is 0 Å². The zero-order chi connectivity index (χ0) is 13.1. The molecule has 0 atom stereocenters. The second-order valence-corrected chi connectivity index (χ2v) is 4.29. The minimum atomic E-state index is 0.235. The topological polar surface area (TPSA) is 40.5 Å². The summed E-state index contributed by atoms with van der Waals surface area (Å²) >= 11 is 0. The SMILES string of the molecule is C=CCc1cc2cc(CC=C)c(O)cc2cc1O. The molecule has 18 heavy (non-hydrogen) atoms. The van der Waals surface area contributed by atoms with Crippen LogP contribution in [-0.4, -0.2) is 10.2 Å². The van der Waals surface area contributed by atoms with Gasteiger partial charge in [-0.15, -0.1) is 13.2 Å². The monoisotopic (exact) mass is 240 g/mol. The van der Waals surface area contributed by atoms with Crippen molar-refractivity contribution in [2.45, 2.75) is 12.8 Å². The van der Waals surface area contributed by atoms with Gasteiger partial charge < -0.3 is 10.2 Å². The van der Waals surface area contributed by atoms with Crippen LogP contribution >= 0.6 is 0 Å². The van der Waals surface area contributed by atoms with Gasteiger partial charge in [0.1, 0.15) is 11.5 Å². The molecule has 2 rings (SSSR count). The fourth-order valence-electron chi connectivity index (χ4n) is 2.06. The molecule has 2 N–H and O–H groups in total. The van der Waals surface area contributed by atoms with Gasteiger partial charge in [0.15, 0.2) is 0 Å². The summed E-state index contributed by atoms with van der Waals surface area (Å²) in [4.78, 5) is 0. The lowest BCUT2D eigenvalue weighted by atomic mass is 10.00. The Labute approximate surface area is 107 Å². The molecule has 0 aromatic heterocycles. The van der Waals surface area contributed by atoms with Crippen molar-refractivity contribution in [3.8, 4) is 11.5 Å². The van der Waals surface area contributed by atoms with Crippen LogP contribution in [-0.2, 0) is 12.8 Å². The molecule has 0 radical (unpaired) electrons. The maximum absolute atomic E-state index is 9.86. The van der Waals surface area contributed by atoms with Crippen LogP contribution in [0, 0.1) is 0 Å². The molecule has 0 aliphatic rings. The first-order valence-corrected chi connectivity index (χ1v) is 5.85. The van der Waals surface area contributed by atoms with Crippen molar-refractivity contribution in [1.82, 2.24) is 0 Å². The van der Waals surface area contributed by atoms with Crippen LogP contribution in [0.3, 0.4) is 0 Å².